The van der Waals surface area contributed by atoms with Gasteiger partial charge in [-0.1, -0.05) is 0 Å². The number of halogens is 3. The van der Waals surface area contributed by atoms with Gasteiger partial charge in [0.25, 0.3) is 0 Å². The number of H-pyrrole nitrogens is 1. The van der Waals surface area contributed by atoms with Gasteiger partial charge in [-0.3, -0.25) is 0 Å². The van der Waals surface area contributed by atoms with Crippen molar-refractivity contribution in [2.75, 3.05) is 13.1 Å². The first-order valence-electron chi connectivity index (χ1n) is 9.45. The quantitative estimate of drug-likeness (QED) is 0.633. The van der Waals surface area contributed by atoms with Crippen molar-refractivity contribution in [3.63, 3.8) is 0 Å². The van der Waals surface area contributed by atoms with E-state index in [1.165, 1.54) is 12.1 Å². The summed E-state index contributed by atoms with van der Waals surface area (Å²) in [6, 6.07) is 3.58. The first-order valence-corrected chi connectivity index (χ1v) is 14.7. The third-order valence-electron chi connectivity index (χ3n) is 4.73. The van der Waals surface area contributed by atoms with Crippen molar-refractivity contribution in [3.8, 4) is 0 Å². The molecule has 2 heterocycles. The Bertz CT molecular complexity index is 1040. The fourth-order valence-corrected chi connectivity index (χ4v) is 11.5. The summed E-state index contributed by atoms with van der Waals surface area (Å²) in [7, 11) is -3.83. The summed E-state index contributed by atoms with van der Waals surface area (Å²) < 4.78 is 71.5. The first kappa shape index (κ1) is 23.0. The second-order valence-electron chi connectivity index (χ2n) is 8.24. The van der Waals surface area contributed by atoms with Crippen molar-refractivity contribution in [1.82, 2.24) is 9.88 Å². The van der Waals surface area contributed by atoms with E-state index in [0.717, 1.165) is 12.3 Å². The molecule has 1 aliphatic heterocycles. The van der Waals surface area contributed by atoms with Gasteiger partial charge in [-0.15, -0.1) is 0 Å². The van der Waals surface area contributed by atoms with Crippen LogP contribution in [0.15, 0.2) is 29.3 Å². The minimum absolute atomic E-state index is 0.128. The summed E-state index contributed by atoms with van der Waals surface area (Å²) in [4.78, 5) is 16.1. The van der Waals surface area contributed by atoms with E-state index in [-0.39, 0.29) is 20.5 Å². The molecule has 3 rings (SSSR count). The number of nitrogens with one attached hydrogen (secondary N) is 1. The van der Waals surface area contributed by atoms with E-state index in [1.807, 2.05) is 0 Å². The third-order valence-corrected chi connectivity index (χ3v) is 12.9. The molecule has 0 spiro atoms. The number of rotatable bonds is 3. The van der Waals surface area contributed by atoms with Gasteiger partial charge >= 0.3 is 179 Å². The van der Waals surface area contributed by atoms with Crippen LogP contribution in [0.25, 0.3) is 10.9 Å². The Hall–Kier alpha value is -1.67. The normalized spacial score (nSPS) is 17.2. The number of likely N-dealkylation sites (tertiary alicyclic amines) is 1. The maximum atomic E-state index is 13.4. The molecular formula is C19H24AsF3N2O4S. The first-order chi connectivity index (χ1) is 13.8. The summed E-state index contributed by atoms with van der Waals surface area (Å²) in [5.41, 5.74) is -1.42. The molecule has 1 aromatic heterocycles. The molecule has 1 unspecified atom stereocenters. The van der Waals surface area contributed by atoms with Gasteiger partial charge in [0.1, 0.15) is 0 Å². The van der Waals surface area contributed by atoms with Crippen LogP contribution >= 0.6 is 0 Å². The maximum absolute atomic E-state index is 13.4. The fourth-order valence-electron chi connectivity index (χ4n) is 3.39. The Kier molecular flexibility index (Phi) is 6.22. The molecule has 11 heteroatoms. The zero-order valence-electron chi connectivity index (χ0n) is 16.8. The molecule has 1 amide bonds. The number of aromatic nitrogens is 1. The molecule has 0 bridgehead atoms. The van der Waals surface area contributed by atoms with Crippen LogP contribution in [-0.2, 0) is 19.0 Å². The Morgan fingerprint density at radius 1 is 1.20 bits per heavy atom. The van der Waals surface area contributed by atoms with Crippen LogP contribution in [0.4, 0.5) is 18.0 Å². The van der Waals surface area contributed by atoms with E-state index >= 15 is 0 Å². The number of ether oxygens (including phenoxy) is 1. The molecule has 0 saturated carbocycles. The van der Waals surface area contributed by atoms with E-state index < -0.39 is 46.1 Å². The number of alkyl halides is 3. The molecule has 1 atom stereocenters. The van der Waals surface area contributed by atoms with Crippen molar-refractivity contribution in [1.29, 1.82) is 0 Å². The van der Waals surface area contributed by atoms with Crippen LogP contribution in [0, 0.1) is 0 Å². The standard InChI is InChI=1S/C19H24AsF3N2O4S/c1-18(2,3)29-17(26)25-9-7-12(8-10-25)20-30(27,28)15-11-24-14-6-4-5-13(16(14)15)19(21,22)23/h4-6,11-12,20,24H,7-10H2,1-3H3. The second-order valence-corrected chi connectivity index (χ2v) is 16.5. The molecule has 1 aromatic carbocycles. The zero-order chi connectivity index (χ0) is 22.3. The Morgan fingerprint density at radius 2 is 1.83 bits per heavy atom. The monoisotopic (exact) mass is 508 g/mol. The average molecular weight is 508 g/mol. The van der Waals surface area contributed by atoms with Crippen LogP contribution in [-0.4, -0.2) is 57.7 Å². The number of carbonyl (C=O) groups is 1. The van der Waals surface area contributed by atoms with Gasteiger partial charge in [0.05, 0.1) is 0 Å². The number of amides is 1. The van der Waals surface area contributed by atoms with Crippen molar-refractivity contribution < 1.29 is 31.1 Å². The zero-order valence-corrected chi connectivity index (χ0v) is 19.8. The summed E-state index contributed by atoms with van der Waals surface area (Å²) in [5.74, 6) is 0. The predicted molar refractivity (Wildman–Crippen MR) is 108 cm³/mol. The molecule has 30 heavy (non-hydrogen) atoms. The number of hydrogen-bond acceptors (Lipinski definition) is 4. The molecule has 0 aliphatic carbocycles. The molecular weight excluding hydrogens is 484 g/mol. The van der Waals surface area contributed by atoms with Crippen LogP contribution in [0.5, 0.6) is 0 Å². The number of piperidine rings is 1. The van der Waals surface area contributed by atoms with Crippen LogP contribution < -0.4 is 0 Å². The Labute approximate surface area is 178 Å². The van der Waals surface area contributed by atoms with Gasteiger partial charge < -0.3 is 0 Å². The van der Waals surface area contributed by atoms with Gasteiger partial charge in [-0.05, 0) is 0 Å². The van der Waals surface area contributed by atoms with E-state index in [0.29, 0.717) is 25.9 Å². The van der Waals surface area contributed by atoms with Crippen molar-refractivity contribution in [2.45, 2.75) is 55.0 Å². The van der Waals surface area contributed by atoms with Gasteiger partial charge in [0, 0.05) is 0 Å². The van der Waals surface area contributed by atoms with Crippen molar-refractivity contribution in [3.05, 3.63) is 30.0 Å². The van der Waals surface area contributed by atoms with Gasteiger partial charge in [-0.25, -0.2) is 0 Å². The number of hydrogen-bond donors (Lipinski definition) is 1. The topological polar surface area (TPSA) is 79.5 Å². The van der Waals surface area contributed by atoms with Gasteiger partial charge in [0.2, 0.25) is 0 Å². The third kappa shape index (κ3) is 5.14. The average Bonchev–Trinajstić information content (AvgIpc) is 3.04. The predicted octanol–water partition coefficient (Wildman–Crippen LogP) is 4.13. The van der Waals surface area contributed by atoms with Gasteiger partial charge in [-0.2, -0.15) is 0 Å². The van der Waals surface area contributed by atoms with Crippen molar-refractivity contribution >= 4 is 39.7 Å². The van der Waals surface area contributed by atoms with E-state index in [4.69, 9.17) is 4.74 Å². The number of fused-ring (bicyclic) bond motifs is 1. The summed E-state index contributed by atoms with van der Waals surface area (Å²) >= 11 is -1.65. The minimum atomic E-state index is -4.65. The molecule has 1 saturated heterocycles. The van der Waals surface area contributed by atoms with Crippen LogP contribution in [0.1, 0.15) is 39.2 Å². The second kappa shape index (κ2) is 8.11. The summed E-state index contributed by atoms with van der Waals surface area (Å²) in [6.45, 7) is 6.06. The molecule has 1 N–H and O–H groups in total. The van der Waals surface area contributed by atoms with Crippen molar-refractivity contribution in [2.24, 2.45) is 0 Å². The van der Waals surface area contributed by atoms with E-state index in [1.54, 1.807) is 25.7 Å². The van der Waals surface area contributed by atoms with Gasteiger partial charge in [0.15, 0.2) is 0 Å². The summed E-state index contributed by atoms with van der Waals surface area (Å²) in [5, 5.41) is -0.292. The molecule has 0 radical (unpaired) electrons. The Morgan fingerprint density at radius 3 is 2.40 bits per heavy atom. The molecule has 1 fully saturated rings. The SMILES string of the molecule is CC(C)(C)OC(=O)N1CCC([AsH]S(=O)(=O)c2c[nH]c3cccc(C(F)(F)F)c23)CC1. The number of nitrogens with zero attached hydrogens (tertiary/aromatic N) is 1. The number of benzene rings is 1. The van der Waals surface area contributed by atoms with E-state index in [2.05, 4.69) is 4.98 Å². The molecule has 166 valence electrons. The number of carbonyl (C=O) groups excluding carboxylic acids is 1. The molecule has 1 aliphatic rings. The fraction of sp³-hybridized carbons (Fsp3) is 0.526. The van der Waals surface area contributed by atoms with Crippen LogP contribution in [0.3, 0.4) is 0 Å². The molecule has 6 nitrogen and oxygen atoms in total. The molecule has 2 aromatic rings. The Balaban J connectivity index is 1.75. The number of aromatic amines is 1. The van der Waals surface area contributed by atoms with Crippen LogP contribution in [0.2, 0.25) is 4.71 Å². The van der Waals surface area contributed by atoms with E-state index in [9.17, 15) is 26.4 Å². The summed E-state index contributed by atoms with van der Waals surface area (Å²) in [6.07, 6.45) is -2.94.